The van der Waals surface area contributed by atoms with Gasteiger partial charge in [-0.3, -0.25) is 4.98 Å². The maximum Gasteiger partial charge on any atom is 0.244 e. The van der Waals surface area contributed by atoms with E-state index in [-0.39, 0.29) is 17.0 Å². The van der Waals surface area contributed by atoms with Gasteiger partial charge in [0, 0.05) is 40.4 Å². The standard InChI is InChI=1S/C23H26ClN3O4S/c1-30-18-8-10-22(31-2)23(14-18)32(28,29)27-17-6-4-16(5-7-17)26-20-11-12-25-21-13-15(24)3-9-19(20)21/h3,8-14,16-17,27H,4-7H2,1-2H3,(H,25,26). The van der Waals surface area contributed by atoms with Gasteiger partial charge in [-0.15, -0.1) is 0 Å². The molecule has 170 valence electrons. The Morgan fingerprint density at radius 3 is 2.44 bits per heavy atom. The number of hydrogen-bond acceptors (Lipinski definition) is 6. The van der Waals surface area contributed by atoms with Gasteiger partial charge in [-0.2, -0.15) is 0 Å². The Hall–Kier alpha value is -2.55. The SMILES string of the molecule is COc1ccc(OC)c(S(=O)(=O)NC2CCC(Nc3ccnc4cc(Cl)ccc34)CC2)c1. The number of methoxy groups -OCH3 is 2. The molecule has 1 aliphatic rings. The van der Waals surface area contributed by atoms with E-state index in [0.717, 1.165) is 42.3 Å². The number of benzene rings is 2. The van der Waals surface area contributed by atoms with Crippen LogP contribution in [0.1, 0.15) is 25.7 Å². The zero-order valence-electron chi connectivity index (χ0n) is 18.0. The number of halogens is 1. The summed E-state index contributed by atoms with van der Waals surface area (Å²) in [5, 5.41) is 5.27. The van der Waals surface area contributed by atoms with Crippen molar-refractivity contribution < 1.29 is 17.9 Å². The molecule has 2 aromatic carbocycles. The number of ether oxygens (including phenoxy) is 2. The van der Waals surface area contributed by atoms with Crippen molar-refractivity contribution in [2.75, 3.05) is 19.5 Å². The predicted molar refractivity (Wildman–Crippen MR) is 126 cm³/mol. The summed E-state index contributed by atoms with van der Waals surface area (Å²) >= 11 is 6.08. The first-order valence-corrected chi connectivity index (χ1v) is 12.3. The molecule has 0 radical (unpaired) electrons. The number of rotatable bonds is 7. The highest BCUT2D eigenvalue weighted by Crippen LogP contribution is 2.31. The van der Waals surface area contributed by atoms with E-state index in [1.54, 1.807) is 18.3 Å². The summed E-state index contributed by atoms with van der Waals surface area (Å²) in [6, 6.07) is 12.5. The van der Waals surface area contributed by atoms with Crippen molar-refractivity contribution in [3.8, 4) is 11.5 Å². The fraction of sp³-hybridized carbons (Fsp3) is 0.348. The average molecular weight is 476 g/mol. The molecule has 0 aliphatic heterocycles. The Morgan fingerprint density at radius 1 is 0.969 bits per heavy atom. The van der Waals surface area contributed by atoms with Crippen LogP contribution < -0.4 is 19.5 Å². The Kier molecular flexibility index (Phi) is 6.74. The van der Waals surface area contributed by atoms with Crippen LogP contribution in [-0.2, 0) is 10.0 Å². The van der Waals surface area contributed by atoms with E-state index in [2.05, 4.69) is 15.0 Å². The van der Waals surface area contributed by atoms with E-state index in [4.69, 9.17) is 21.1 Å². The van der Waals surface area contributed by atoms with Gasteiger partial charge in [0.05, 0.1) is 19.7 Å². The van der Waals surface area contributed by atoms with Gasteiger partial charge in [0.1, 0.15) is 16.4 Å². The highest BCUT2D eigenvalue weighted by molar-refractivity contribution is 7.89. The Morgan fingerprint density at radius 2 is 1.72 bits per heavy atom. The Bertz CT molecular complexity index is 1210. The number of nitrogens with one attached hydrogen (secondary N) is 2. The first-order valence-electron chi connectivity index (χ1n) is 10.4. The van der Waals surface area contributed by atoms with Crippen LogP contribution >= 0.6 is 11.6 Å². The summed E-state index contributed by atoms with van der Waals surface area (Å²) in [4.78, 5) is 4.47. The minimum Gasteiger partial charge on any atom is -0.497 e. The van der Waals surface area contributed by atoms with Gasteiger partial charge < -0.3 is 14.8 Å². The Labute approximate surface area is 193 Å². The van der Waals surface area contributed by atoms with Gasteiger partial charge in [0.2, 0.25) is 10.0 Å². The van der Waals surface area contributed by atoms with Crippen LogP contribution in [0.3, 0.4) is 0 Å². The van der Waals surface area contributed by atoms with E-state index < -0.39 is 10.0 Å². The summed E-state index contributed by atoms with van der Waals surface area (Å²) in [6.45, 7) is 0. The molecule has 0 atom stereocenters. The number of sulfonamides is 1. The number of fused-ring (bicyclic) bond motifs is 1. The molecular weight excluding hydrogens is 450 g/mol. The average Bonchev–Trinajstić information content (AvgIpc) is 2.79. The second-order valence-corrected chi connectivity index (χ2v) is 9.97. The largest absolute Gasteiger partial charge is 0.497 e. The van der Waals surface area contributed by atoms with E-state index in [1.165, 1.54) is 20.3 Å². The van der Waals surface area contributed by atoms with Crippen LogP contribution in [0.25, 0.3) is 10.9 Å². The summed E-state index contributed by atoms with van der Waals surface area (Å²) < 4.78 is 39.3. The number of anilines is 1. The van der Waals surface area contributed by atoms with Gasteiger partial charge in [-0.05, 0) is 62.1 Å². The van der Waals surface area contributed by atoms with E-state index >= 15 is 0 Å². The number of nitrogens with zero attached hydrogens (tertiary/aromatic N) is 1. The fourth-order valence-corrected chi connectivity index (χ4v) is 5.75. The van der Waals surface area contributed by atoms with Crippen molar-refractivity contribution in [2.45, 2.75) is 42.7 Å². The monoisotopic (exact) mass is 475 g/mol. The van der Waals surface area contributed by atoms with E-state index in [1.807, 2.05) is 24.3 Å². The molecule has 0 unspecified atom stereocenters. The third kappa shape index (κ3) is 4.92. The van der Waals surface area contributed by atoms with Crippen molar-refractivity contribution in [1.29, 1.82) is 0 Å². The van der Waals surface area contributed by atoms with Crippen molar-refractivity contribution in [2.24, 2.45) is 0 Å². The normalized spacial score (nSPS) is 19.0. The van der Waals surface area contributed by atoms with Crippen LogP contribution in [0.2, 0.25) is 5.02 Å². The lowest BCUT2D eigenvalue weighted by Gasteiger charge is -2.30. The first-order chi connectivity index (χ1) is 15.4. The van der Waals surface area contributed by atoms with Crippen molar-refractivity contribution in [1.82, 2.24) is 9.71 Å². The molecule has 1 aliphatic carbocycles. The second-order valence-electron chi connectivity index (χ2n) is 7.85. The zero-order valence-corrected chi connectivity index (χ0v) is 19.5. The molecule has 1 fully saturated rings. The molecule has 1 heterocycles. The summed E-state index contributed by atoms with van der Waals surface area (Å²) in [5.74, 6) is 0.753. The van der Waals surface area contributed by atoms with Crippen molar-refractivity contribution in [3.05, 3.63) is 53.7 Å². The van der Waals surface area contributed by atoms with Crippen LogP contribution in [-0.4, -0.2) is 39.7 Å². The molecule has 2 N–H and O–H groups in total. The van der Waals surface area contributed by atoms with Crippen LogP contribution in [0, 0.1) is 0 Å². The molecule has 7 nitrogen and oxygen atoms in total. The topological polar surface area (TPSA) is 89.5 Å². The Balaban J connectivity index is 1.41. The van der Waals surface area contributed by atoms with Gasteiger partial charge in [0.15, 0.2) is 0 Å². The lowest BCUT2D eigenvalue weighted by atomic mass is 9.91. The summed E-state index contributed by atoms with van der Waals surface area (Å²) in [5.41, 5.74) is 1.85. The smallest absolute Gasteiger partial charge is 0.244 e. The summed E-state index contributed by atoms with van der Waals surface area (Å²) in [6.07, 6.45) is 4.93. The summed E-state index contributed by atoms with van der Waals surface area (Å²) in [7, 11) is -0.787. The van der Waals surface area contributed by atoms with Crippen LogP contribution in [0.5, 0.6) is 11.5 Å². The molecule has 3 aromatic rings. The van der Waals surface area contributed by atoms with Gasteiger partial charge in [-0.1, -0.05) is 11.6 Å². The molecule has 32 heavy (non-hydrogen) atoms. The number of hydrogen-bond donors (Lipinski definition) is 2. The quantitative estimate of drug-likeness (QED) is 0.518. The molecule has 1 saturated carbocycles. The van der Waals surface area contributed by atoms with E-state index in [9.17, 15) is 8.42 Å². The molecule has 1 aromatic heterocycles. The lowest BCUT2D eigenvalue weighted by Crippen LogP contribution is -2.40. The first kappa shape index (κ1) is 22.6. The minimum absolute atomic E-state index is 0.0847. The molecule has 0 bridgehead atoms. The lowest BCUT2D eigenvalue weighted by molar-refractivity contribution is 0.381. The molecule has 4 rings (SSSR count). The predicted octanol–water partition coefficient (Wildman–Crippen LogP) is 4.61. The second kappa shape index (κ2) is 9.52. The molecule has 0 spiro atoms. The third-order valence-electron chi connectivity index (χ3n) is 5.77. The zero-order chi connectivity index (χ0) is 22.7. The van der Waals surface area contributed by atoms with Gasteiger partial charge in [0.25, 0.3) is 0 Å². The van der Waals surface area contributed by atoms with Crippen LogP contribution in [0.4, 0.5) is 5.69 Å². The minimum atomic E-state index is -3.74. The molecule has 0 saturated heterocycles. The number of aromatic nitrogens is 1. The van der Waals surface area contributed by atoms with Gasteiger partial charge in [-0.25, -0.2) is 13.1 Å². The molecule has 0 amide bonds. The van der Waals surface area contributed by atoms with E-state index in [0.29, 0.717) is 16.5 Å². The van der Waals surface area contributed by atoms with Gasteiger partial charge >= 0.3 is 0 Å². The maximum atomic E-state index is 13.0. The maximum absolute atomic E-state index is 13.0. The molecular formula is C23H26ClN3O4S. The van der Waals surface area contributed by atoms with Crippen molar-refractivity contribution >= 4 is 38.2 Å². The third-order valence-corrected chi connectivity index (χ3v) is 7.55. The highest BCUT2D eigenvalue weighted by Gasteiger charge is 2.28. The molecule has 9 heteroatoms. The van der Waals surface area contributed by atoms with Crippen LogP contribution in [0.15, 0.2) is 53.6 Å². The fourth-order valence-electron chi connectivity index (χ4n) is 4.10. The number of pyridine rings is 1. The highest BCUT2D eigenvalue weighted by atomic mass is 35.5. The van der Waals surface area contributed by atoms with Crippen molar-refractivity contribution in [3.63, 3.8) is 0 Å².